The van der Waals surface area contributed by atoms with Gasteiger partial charge in [0.15, 0.2) is 0 Å². The number of esters is 1. The number of amides is 1. The second kappa shape index (κ2) is 6.60. The standard InChI is InChI=1S/C18H25NO4/c1-12-10-13(16(20)22-5)6-7-15(12)14-8-9-19(11-14)17(21)23-18(2,3)4/h6-7,10,14H,8-9,11H2,1-5H3. The third-order valence-electron chi connectivity index (χ3n) is 3.97. The van der Waals surface area contributed by atoms with E-state index >= 15 is 0 Å². The van der Waals surface area contributed by atoms with Crippen LogP contribution in [0, 0.1) is 6.92 Å². The van der Waals surface area contributed by atoms with Gasteiger partial charge in [0, 0.05) is 19.0 Å². The fraction of sp³-hybridized carbons (Fsp3) is 0.556. The molecule has 0 bridgehead atoms. The molecule has 1 saturated heterocycles. The molecule has 126 valence electrons. The molecule has 0 N–H and O–H groups in total. The molecule has 0 aliphatic carbocycles. The van der Waals surface area contributed by atoms with Crippen molar-refractivity contribution in [3.63, 3.8) is 0 Å². The van der Waals surface area contributed by atoms with Crippen molar-refractivity contribution in [2.75, 3.05) is 20.2 Å². The lowest BCUT2D eigenvalue weighted by atomic mass is 9.93. The number of aryl methyl sites for hydroxylation is 1. The Balaban J connectivity index is 2.07. The first-order chi connectivity index (χ1) is 10.7. The minimum Gasteiger partial charge on any atom is -0.465 e. The number of methoxy groups -OCH3 is 1. The van der Waals surface area contributed by atoms with E-state index in [0.29, 0.717) is 18.7 Å². The van der Waals surface area contributed by atoms with Gasteiger partial charge in [-0.2, -0.15) is 0 Å². The van der Waals surface area contributed by atoms with E-state index in [2.05, 4.69) is 0 Å². The van der Waals surface area contributed by atoms with Gasteiger partial charge in [0.2, 0.25) is 0 Å². The van der Waals surface area contributed by atoms with Gasteiger partial charge in [-0.1, -0.05) is 6.07 Å². The molecule has 0 radical (unpaired) electrons. The monoisotopic (exact) mass is 319 g/mol. The molecular formula is C18H25NO4. The average molecular weight is 319 g/mol. The normalized spacial score (nSPS) is 18.0. The van der Waals surface area contributed by atoms with Crippen LogP contribution in [0.3, 0.4) is 0 Å². The van der Waals surface area contributed by atoms with Crippen LogP contribution in [0.15, 0.2) is 18.2 Å². The van der Waals surface area contributed by atoms with E-state index in [1.54, 1.807) is 11.0 Å². The first-order valence-corrected chi connectivity index (χ1v) is 7.88. The summed E-state index contributed by atoms with van der Waals surface area (Å²) in [5.41, 5.74) is 2.29. The minimum atomic E-state index is -0.479. The summed E-state index contributed by atoms with van der Waals surface area (Å²) in [4.78, 5) is 25.5. The number of rotatable bonds is 2. The average Bonchev–Trinajstić information content (AvgIpc) is 2.94. The Hall–Kier alpha value is -2.04. The molecule has 1 heterocycles. The van der Waals surface area contributed by atoms with Crippen molar-refractivity contribution in [3.8, 4) is 0 Å². The molecule has 1 amide bonds. The number of ether oxygens (including phenoxy) is 2. The highest BCUT2D eigenvalue weighted by atomic mass is 16.6. The Kier molecular flexibility index (Phi) is 4.97. The van der Waals surface area contributed by atoms with Gasteiger partial charge in [-0.05, 0) is 57.4 Å². The van der Waals surface area contributed by atoms with Crippen LogP contribution in [0.1, 0.15) is 54.6 Å². The summed E-state index contributed by atoms with van der Waals surface area (Å²) in [5.74, 6) is -0.0596. The van der Waals surface area contributed by atoms with Crippen LogP contribution >= 0.6 is 0 Å². The molecule has 23 heavy (non-hydrogen) atoms. The predicted octanol–water partition coefficient (Wildman–Crippen LogP) is 3.51. The Bertz CT molecular complexity index is 604. The SMILES string of the molecule is COC(=O)c1ccc(C2CCN(C(=O)OC(C)(C)C)C2)c(C)c1. The van der Waals surface area contributed by atoms with Gasteiger partial charge in [-0.3, -0.25) is 0 Å². The highest BCUT2D eigenvalue weighted by Crippen LogP contribution is 2.30. The van der Waals surface area contributed by atoms with Crippen LogP contribution in [-0.2, 0) is 9.47 Å². The van der Waals surface area contributed by atoms with E-state index in [0.717, 1.165) is 12.0 Å². The number of likely N-dealkylation sites (tertiary alicyclic amines) is 1. The highest BCUT2D eigenvalue weighted by Gasteiger charge is 2.31. The highest BCUT2D eigenvalue weighted by molar-refractivity contribution is 5.89. The molecule has 1 aliphatic heterocycles. The topological polar surface area (TPSA) is 55.8 Å². The fourth-order valence-corrected chi connectivity index (χ4v) is 2.89. The molecule has 5 nitrogen and oxygen atoms in total. The zero-order chi connectivity index (χ0) is 17.2. The van der Waals surface area contributed by atoms with Gasteiger partial charge in [-0.15, -0.1) is 0 Å². The first-order valence-electron chi connectivity index (χ1n) is 7.88. The van der Waals surface area contributed by atoms with Crippen LogP contribution < -0.4 is 0 Å². The maximum absolute atomic E-state index is 12.1. The van der Waals surface area contributed by atoms with E-state index in [4.69, 9.17) is 9.47 Å². The molecular weight excluding hydrogens is 294 g/mol. The second-order valence-corrected chi connectivity index (χ2v) is 6.97. The quantitative estimate of drug-likeness (QED) is 0.783. The van der Waals surface area contributed by atoms with Crippen molar-refractivity contribution >= 4 is 12.1 Å². The molecule has 1 aromatic rings. The number of nitrogens with zero attached hydrogens (tertiary/aromatic N) is 1. The maximum Gasteiger partial charge on any atom is 0.410 e. The summed E-state index contributed by atoms with van der Waals surface area (Å²) in [6, 6.07) is 5.59. The molecule has 1 aromatic carbocycles. The Morgan fingerprint density at radius 1 is 1.26 bits per heavy atom. The lowest BCUT2D eigenvalue weighted by molar-refractivity contribution is 0.0292. The zero-order valence-corrected chi connectivity index (χ0v) is 14.5. The van der Waals surface area contributed by atoms with Crippen molar-refractivity contribution < 1.29 is 19.1 Å². The van der Waals surface area contributed by atoms with Crippen LogP contribution in [0.25, 0.3) is 0 Å². The van der Waals surface area contributed by atoms with Crippen LogP contribution in [0.4, 0.5) is 4.79 Å². The summed E-state index contributed by atoms with van der Waals surface area (Å²) >= 11 is 0. The van der Waals surface area contributed by atoms with Gasteiger partial charge in [0.05, 0.1) is 12.7 Å². The lowest BCUT2D eigenvalue weighted by Gasteiger charge is -2.24. The van der Waals surface area contributed by atoms with Gasteiger partial charge in [-0.25, -0.2) is 9.59 Å². The van der Waals surface area contributed by atoms with Gasteiger partial charge < -0.3 is 14.4 Å². The van der Waals surface area contributed by atoms with Gasteiger partial charge in [0.1, 0.15) is 5.60 Å². The van der Waals surface area contributed by atoms with Crippen LogP contribution in [0.2, 0.25) is 0 Å². The Morgan fingerprint density at radius 3 is 2.52 bits per heavy atom. The smallest absolute Gasteiger partial charge is 0.410 e. The summed E-state index contributed by atoms with van der Waals surface area (Å²) < 4.78 is 10.2. The molecule has 2 rings (SSSR count). The van der Waals surface area contributed by atoms with Crippen molar-refractivity contribution in [2.45, 2.75) is 45.6 Å². The third kappa shape index (κ3) is 4.24. The molecule has 0 saturated carbocycles. The number of carbonyl (C=O) groups is 2. The van der Waals surface area contributed by atoms with E-state index < -0.39 is 5.60 Å². The molecule has 5 heteroatoms. The number of hydrogen-bond donors (Lipinski definition) is 0. The molecule has 1 fully saturated rings. The minimum absolute atomic E-state index is 0.260. The van der Waals surface area contributed by atoms with Crippen LogP contribution in [-0.4, -0.2) is 42.8 Å². The first kappa shape index (κ1) is 17.3. The molecule has 0 aromatic heterocycles. The van der Waals surface area contributed by atoms with Gasteiger partial charge >= 0.3 is 12.1 Å². The van der Waals surface area contributed by atoms with Gasteiger partial charge in [0.25, 0.3) is 0 Å². The Labute approximate surface area is 137 Å². The van der Waals surface area contributed by atoms with Crippen molar-refractivity contribution in [1.82, 2.24) is 4.90 Å². The number of benzene rings is 1. The van der Waals surface area contributed by atoms with Crippen molar-refractivity contribution in [3.05, 3.63) is 34.9 Å². The molecule has 1 atom stereocenters. The maximum atomic E-state index is 12.1. The van der Waals surface area contributed by atoms with E-state index in [-0.39, 0.29) is 18.0 Å². The summed E-state index contributed by atoms with van der Waals surface area (Å²) in [7, 11) is 1.38. The Morgan fingerprint density at radius 2 is 1.96 bits per heavy atom. The molecule has 1 unspecified atom stereocenters. The summed E-state index contributed by atoms with van der Waals surface area (Å²) in [5, 5.41) is 0. The molecule has 0 spiro atoms. The molecule has 1 aliphatic rings. The zero-order valence-electron chi connectivity index (χ0n) is 14.5. The van der Waals surface area contributed by atoms with Crippen molar-refractivity contribution in [1.29, 1.82) is 0 Å². The van der Waals surface area contributed by atoms with Crippen LogP contribution in [0.5, 0.6) is 0 Å². The van der Waals surface area contributed by atoms with Crippen molar-refractivity contribution in [2.24, 2.45) is 0 Å². The van der Waals surface area contributed by atoms with E-state index in [1.807, 2.05) is 39.8 Å². The number of hydrogen-bond acceptors (Lipinski definition) is 4. The lowest BCUT2D eigenvalue weighted by Crippen LogP contribution is -2.35. The second-order valence-electron chi connectivity index (χ2n) is 6.97. The fourth-order valence-electron chi connectivity index (χ4n) is 2.89. The van der Waals surface area contributed by atoms with E-state index in [1.165, 1.54) is 12.7 Å². The third-order valence-corrected chi connectivity index (χ3v) is 3.97. The summed E-state index contributed by atoms with van der Waals surface area (Å²) in [6.45, 7) is 8.93. The summed E-state index contributed by atoms with van der Waals surface area (Å²) in [6.07, 6.45) is 0.640. The largest absolute Gasteiger partial charge is 0.465 e. The predicted molar refractivity (Wildman–Crippen MR) is 87.7 cm³/mol. The number of carbonyl (C=O) groups excluding carboxylic acids is 2. The van der Waals surface area contributed by atoms with E-state index in [9.17, 15) is 9.59 Å².